The Kier molecular flexibility index (Phi) is 6.23. The SMILES string of the molecule is [N-]=[N+]=NCC(CNC(=O)O)CNC(=O)O. The van der Waals surface area contributed by atoms with Crippen LogP contribution < -0.4 is 10.6 Å². The number of nitrogens with one attached hydrogen (secondary N) is 2. The highest BCUT2D eigenvalue weighted by atomic mass is 16.4. The molecular weight excluding hydrogens is 206 g/mol. The highest BCUT2D eigenvalue weighted by Gasteiger charge is 2.10. The van der Waals surface area contributed by atoms with Crippen molar-refractivity contribution in [1.82, 2.24) is 10.6 Å². The Bertz CT molecular complexity index is 257. The average Bonchev–Trinajstić information content (AvgIpc) is 2.16. The molecule has 0 aromatic heterocycles. The third-order valence-electron chi connectivity index (χ3n) is 1.49. The second-order valence-corrected chi connectivity index (χ2v) is 2.65. The molecule has 2 amide bonds. The van der Waals surface area contributed by atoms with E-state index in [1.54, 1.807) is 0 Å². The van der Waals surface area contributed by atoms with E-state index in [0.29, 0.717) is 0 Å². The summed E-state index contributed by atoms with van der Waals surface area (Å²) >= 11 is 0. The monoisotopic (exact) mass is 217 g/mol. The van der Waals surface area contributed by atoms with Crippen LogP contribution in [0.15, 0.2) is 5.11 Å². The molecule has 4 N–H and O–H groups in total. The van der Waals surface area contributed by atoms with Crippen LogP contribution in [0.2, 0.25) is 0 Å². The van der Waals surface area contributed by atoms with Gasteiger partial charge in [0, 0.05) is 24.5 Å². The van der Waals surface area contributed by atoms with Crippen molar-refractivity contribution in [2.24, 2.45) is 11.0 Å². The second-order valence-electron chi connectivity index (χ2n) is 2.65. The second kappa shape index (κ2) is 7.27. The quantitative estimate of drug-likeness (QED) is 0.290. The summed E-state index contributed by atoms with van der Waals surface area (Å²) in [5.74, 6) is -0.395. The number of hydrogen-bond acceptors (Lipinski definition) is 3. The number of carboxylic acid groups (broad SMARTS) is 2. The van der Waals surface area contributed by atoms with Crippen molar-refractivity contribution in [3.63, 3.8) is 0 Å². The molecular formula is C6H11N5O4. The van der Waals surface area contributed by atoms with Crippen molar-refractivity contribution < 1.29 is 19.8 Å². The number of rotatable bonds is 6. The average molecular weight is 217 g/mol. The van der Waals surface area contributed by atoms with E-state index in [9.17, 15) is 9.59 Å². The van der Waals surface area contributed by atoms with E-state index >= 15 is 0 Å². The van der Waals surface area contributed by atoms with Crippen molar-refractivity contribution in [3.8, 4) is 0 Å². The first-order chi connectivity index (χ1) is 7.06. The summed E-state index contributed by atoms with van der Waals surface area (Å²) in [5, 5.41) is 24.0. The van der Waals surface area contributed by atoms with Crippen molar-refractivity contribution in [3.05, 3.63) is 10.4 Å². The lowest BCUT2D eigenvalue weighted by Gasteiger charge is -2.13. The van der Waals surface area contributed by atoms with Crippen molar-refractivity contribution in [2.45, 2.75) is 0 Å². The van der Waals surface area contributed by atoms with Crippen molar-refractivity contribution in [2.75, 3.05) is 19.6 Å². The normalized spacial score (nSPS) is 9.13. The number of azide groups is 1. The molecule has 0 aliphatic rings. The zero-order chi connectivity index (χ0) is 11.7. The van der Waals surface area contributed by atoms with E-state index in [1.807, 2.05) is 0 Å². The highest BCUT2D eigenvalue weighted by molar-refractivity contribution is 5.65. The number of hydrogen-bond donors (Lipinski definition) is 4. The van der Waals surface area contributed by atoms with Gasteiger partial charge in [-0.15, -0.1) is 0 Å². The van der Waals surface area contributed by atoms with Gasteiger partial charge in [0.15, 0.2) is 0 Å². The van der Waals surface area contributed by atoms with E-state index < -0.39 is 18.1 Å². The summed E-state index contributed by atoms with van der Waals surface area (Å²) in [6, 6.07) is 0. The highest BCUT2D eigenvalue weighted by Crippen LogP contribution is 1.94. The van der Waals surface area contributed by atoms with Gasteiger partial charge in [-0.3, -0.25) is 0 Å². The molecule has 0 saturated carbocycles. The Balaban J connectivity index is 3.98. The Morgan fingerprint density at radius 1 is 1.27 bits per heavy atom. The lowest BCUT2D eigenvalue weighted by Crippen LogP contribution is -2.36. The number of nitrogens with zero attached hydrogens (tertiary/aromatic N) is 3. The van der Waals surface area contributed by atoms with Gasteiger partial charge in [0.1, 0.15) is 0 Å². The van der Waals surface area contributed by atoms with Gasteiger partial charge in [-0.25, -0.2) is 9.59 Å². The van der Waals surface area contributed by atoms with Crippen LogP contribution in [-0.4, -0.2) is 42.0 Å². The Morgan fingerprint density at radius 2 is 1.73 bits per heavy atom. The molecule has 0 aliphatic carbocycles. The summed E-state index contributed by atoms with van der Waals surface area (Å²) in [5.41, 5.74) is 8.05. The summed E-state index contributed by atoms with van der Waals surface area (Å²) in [6.45, 7) is 0.0698. The van der Waals surface area contributed by atoms with Crippen LogP contribution in [0.1, 0.15) is 0 Å². The standard InChI is InChI=1S/C6H11N5O4/c7-11-10-3-4(1-8-5(12)13)2-9-6(14)15/h4,8-9H,1-3H2,(H,12,13)(H,14,15). The largest absolute Gasteiger partial charge is 0.465 e. The van der Waals surface area contributed by atoms with Gasteiger partial charge in [0.25, 0.3) is 0 Å². The van der Waals surface area contributed by atoms with E-state index in [-0.39, 0.29) is 19.6 Å². The molecule has 0 aliphatic heterocycles. The zero-order valence-electron chi connectivity index (χ0n) is 7.75. The molecule has 0 saturated heterocycles. The van der Waals surface area contributed by atoms with Gasteiger partial charge in [0.05, 0.1) is 0 Å². The fraction of sp³-hybridized carbons (Fsp3) is 0.667. The molecule has 84 valence electrons. The number of amides is 2. The van der Waals surface area contributed by atoms with Crippen molar-refractivity contribution >= 4 is 12.2 Å². The summed E-state index contributed by atoms with van der Waals surface area (Å²) in [4.78, 5) is 22.8. The lowest BCUT2D eigenvalue weighted by atomic mass is 10.1. The van der Waals surface area contributed by atoms with Gasteiger partial charge in [-0.2, -0.15) is 0 Å². The molecule has 0 spiro atoms. The van der Waals surface area contributed by atoms with Gasteiger partial charge >= 0.3 is 12.2 Å². The minimum Gasteiger partial charge on any atom is -0.465 e. The van der Waals surface area contributed by atoms with E-state index in [2.05, 4.69) is 20.7 Å². The molecule has 0 aromatic carbocycles. The summed E-state index contributed by atoms with van der Waals surface area (Å²) < 4.78 is 0. The van der Waals surface area contributed by atoms with Crippen LogP contribution in [0.25, 0.3) is 10.4 Å². The molecule has 0 radical (unpaired) electrons. The Labute approximate surface area is 84.7 Å². The van der Waals surface area contributed by atoms with Crippen LogP contribution in [-0.2, 0) is 0 Å². The molecule has 9 heteroatoms. The summed E-state index contributed by atoms with van der Waals surface area (Å²) in [7, 11) is 0. The van der Waals surface area contributed by atoms with Crippen LogP contribution in [0.4, 0.5) is 9.59 Å². The smallest absolute Gasteiger partial charge is 0.404 e. The van der Waals surface area contributed by atoms with Gasteiger partial charge in [0.2, 0.25) is 0 Å². The third-order valence-corrected chi connectivity index (χ3v) is 1.49. The van der Waals surface area contributed by atoms with E-state index in [0.717, 1.165) is 0 Å². The topological polar surface area (TPSA) is 147 Å². The first-order valence-electron chi connectivity index (χ1n) is 4.00. The van der Waals surface area contributed by atoms with Crippen LogP contribution in [0.5, 0.6) is 0 Å². The van der Waals surface area contributed by atoms with Gasteiger partial charge in [-0.05, 0) is 11.4 Å². The van der Waals surface area contributed by atoms with Crippen LogP contribution in [0, 0.1) is 5.92 Å². The Hall–Kier alpha value is -2.15. The summed E-state index contributed by atoms with van der Waals surface area (Å²) in [6.07, 6.45) is -2.42. The number of carbonyl (C=O) groups is 2. The molecule has 9 nitrogen and oxygen atoms in total. The molecule has 0 heterocycles. The molecule has 0 atom stereocenters. The van der Waals surface area contributed by atoms with Crippen LogP contribution in [0.3, 0.4) is 0 Å². The maximum Gasteiger partial charge on any atom is 0.404 e. The minimum atomic E-state index is -1.21. The molecule has 0 rings (SSSR count). The minimum absolute atomic E-state index is 0.0225. The Morgan fingerprint density at radius 3 is 2.07 bits per heavy atom. The van der Waals surface area contributed by atoms with Gasteiger partial charge < -0.3 is 20.8 Å². The maximum absolute atomic E-state index is 10.2. The molecule has 15 heavy (non-hydrogen) atoms. The third kappa shape index (κ3) is 8.19. The van der Waals surface area contributed by atoms with E-state index in [4.69, 9.17) is 15.7 Å². The fourth-order valence-electron chi connectivity index (χ4n) is 0.817. The maximum atomic E-state index is 10.2. The molecule has 0 fully saturated rings. The van der Waals surface area contributed by atoms with Crippen molar-refractivity contribution in [1.29, 1.82) is 0 Å². The molecule has 0 unspecified atom stereocenters. The first-order valence-corrected chi connectivity index (χ1v) is 4.00. The first kappa shape index (κ1) is 12.8. The van der Waals surface area contributed by atoms with Crippen LogP contribution >= 0.6 is 0 Å². The molecule has 0 bridgehead atoms. The fourth-order valence-corrected chi connectivity index (χ4v) is 0.817. The predicted molar refractivity (Wildman–Crippen MR) is 49.6 cm³/mol. The van der Waals surface area contributed by atoms with Gasteiger partial charge in [-0.1, -0.05) is 5.11 Å². The van der Waals surface area contributed by atoms with E-state index in [1.165, 1.54) is 0 Å². The predicted octanol–water partition coefficient (Wildman–Crippen LogP) is 0.448. The zero-order valence-corrected chi connectivity index (χ0v) is 7.75. The molecule has 0 aromatic rings. The lowest BCUT2D eigenvalue weighted by molar-refractivity contribution is 0.189.